The average Bonchev–Trinajstić information content (AvgIpc) is 2.81. The molecule has 1 aromatic rings. The van der Waals surface area contributed by atoms with Gasteiger partial charge in [-0.3, -0.25) is 14.5 Å². The number of aliphatic imine (C=N–C) groups is 2. The number of allylic oxidation sites excluding steroid dienone is 3. The van der Waals surface area contributed by atoms with Crippen LogP contribution in [0, 0.1) is 0 Å². The van der Waals surface area contributed by atoms with E-state index in [9.17, 15) is 9.18 Å². The molecule has 9 heteroatoms. The summed E-state index contributed by atoms with van der Waals surface area (Å²) in [5, 5.41) is 6.49. The quantitative estimate of drug-likeness (QED) is 0.248. The Bertz CT molecular complexity index is 1100. The average molecular weight is 456 g/mol. The van der Waals surface area contributed by atoms with Gasteiger partial charge in [-0.2, -0.15) is 10.1 Å². The predicted octanol–water partition coefficient (Wildman–Crippen LogP) is 2.53. The van der Waals surface area contributed by atoms with Crippen LogP contribution in [0.4, 0.5) is 4.39 Å². The van der Waals surface area contributed by atoms with Gasteiger partial charge in [-0.15, -0.1) is 11.3 Å². The van der Waals surface area contributed by atoms with E-state index in [0.717, 1.165) is 5.57 Å². The smallest absolute Gasteiger partial charge is 0.203 e. The molecule has 0 saturated carbocycles. The van der Waals surface area contributed by atoms with E-state index in [0.29, 0.717) is 43.1 Å². The molecule has 3 rings (SSSR count). The van der Waals surface area contributed by atoms with Crippen molar-refractivity contribution in [3.8, 4) is 0 Å². The molecule has 0 bridgehead atoms. The summed E-state index contributed by atoms with van der Waals surface area (Å²) in [7, 11) is 5.78. The van der Waals surface area contributed by atoms with Crippen LogP contribution in [0.5, 0.6) is 0 Å². The van der Waals surface area contributed by atoms with Crippen molar-refractivity contribution < 1.29 is 13.8 Å². The zero-order chi connectivity index (χ0) is 24.0. The number of hydrazine groups is 1. The maximum Gasteiger partial charge on any atom is 0.203 e. The Morgan fingerprint density at radius 2 is 2.21 bits per heavy atom. The molecule has 1 aliphatic heterocycles. The van der Waals surface area contributed by atoms with E-state index in [1.54, 1.807) is 29.2 Å². The third kappa shape index (κ3) is 6.19. The van der Waals surface area contributed by atoms with Crippen LogP contribution < -0.4 is 5.43 Å². The van der Waals surface area contributed by atoms with E-state index in [4.69, 9.17) is 4.74 Å². The van der Waals surface area contributed by atoms with Crippen LogP contribution in [0.25, 0.3) is 0 Å². The van der Waals surface area contributed by atoms with Crippen molar-refractivity contribution in [3.63, 3.8) is 0 Å². The molecule has 0 amide bonds. The minimum atomic E-state index is -0.240. The molecular weight excluding hydrogens is 423 g/mol. The summed E-state index contributed by atoms with van der Waals surface area (Å²) in [5.41, 5.74) is 1.55. The second-order valence-electron chi connectivity index (χ2n) is 8.14. The topological polar surface area (TPSA) is 75.1 Å². The lowest BCUT2D eigenvalue weighted by Crippen LogP contribution is -2.29. The first kappa shape index (κ1) is 24.4. The van der Waals surface area contributed by atoms with Gasteiger partial charge in [0.1, 0.15) is 23.7 Å². The van der Waals surface area contributed by atoms with Crippen molar-refractivity contribution in [1.82, 2.24) is 14.8 Å². The fourth-order valence-corrected chi connectivity index (χ4v) is 3.52. The molecule has 8 nitrogen and oxygen atoms in total. The number of halogens is 1. The Morgan fingerprint density at radius 1 is 1.42 bits per heavy atom. The van der Waals surface area contributed by atoms with Crippen molar-refractivity contribution in [2.24, 2.45) is 9.98 Å². The number of aromatic nitrogens is 2. The fourth-order valence-electron chi connectivity index (χ4n) is 3.52. The Labute approximate surface area is 193 Å². The molecule has 0 radical (unpaired) electrons. The van der Waals surface area contributed by atoms with Gasteiger partial charge in [0.05, 0.1) is 26.2 Å². The van der Waals surface area contributed by atoms with Gasteiger partial charge in [-0.1, -0.05) is 11.6 Å². The number of hydrogen-bond donors (Lipinski definition) is 0. The van der Waals surface area contributed by atoms with Gasteiger partial charge in [0.2, 0.25) is 5.43 Å². The van der Waals surface area contributed by atoms with Crippen LogP contribution in [0.15, 0.2) is 62.7 Å². The molecule has 2 aliphatic rings. The first-order valence-corrected chi connectivity index (χ1v) is 11.1. The third-order valence-electron chi connectivity index (χ3n) is 5.55. The van der Waals surface area contributed by atoms with E-state index in [2.05, 4.69) is 21.7 Å². The van der Waals surface area contributed by atoms with Gasteiger partial charge in [0, 0.05) is 37.9 Å². The van der Waals surface area contributed by atoms with E-state index >= 15 is 0 Å². The van der Waals surface area contributed by atoms with E-state index in [-0.39, 0.29) is 29.8 Å². The molecule has 0 fully saturated rings. The molecule has 2 unspecified atom stereocenters. The number of rotatable bonds is 9. The van der Waals surface area contributed by atoms with Crippen LogP contribution in [-0.4, -0.2) is 78.1 Å². The van der Waals surface area contributed by atoms with Crippen molar-refractivity contribution in [3.05, 3.63) is 63.9 Å². The third-order valence-corrected chi connectivity index (χ3v) is 5.55. The Balaban J connectivity index is 1.83. The lowest BCUT2D eigenvalue weighted by Gasteiger charge is -2.19. The summed E-state index contributed by atoms with van der Waals surface area (Å²) in [6.07, 6.45) is 9.70. The van der Waals surface area contributed by atoms with Gasteiger partial charge in [0.25, 0.3) is 0 Å². The van der Waals surface area contributed by atoms with Crippen molar-refractivity contribution in [2.45, 2.75) is 38.3 Å². The first-order valence-electron chi connectivity index (χ1n) is 11.1. The van der Waals surface area contributed by atoms with Crippen LogP contribution >= 0.6 is 0 Å². The second-order valence-corrected chi connectivity index (χ2v) is 8.14. The normalized spacial score (nSPS) is 19.8. The SMILES string of the molecule is C=CC(C=[N+](C)N(C)C)n1ccc(=O)c(CC2=CC(C3=NCC(OCC)C=N3)=C(F)CC2)n1. The molecule has 33 heavy (non-hydrogen) atoms. The highest BCUT2D eigenvalue weighted by Crippen LogP contribution is 2.28. The summed E-state index contributed by atoms with van der Waals surface area (Å²) in [6.45, 7) is 6.79. The highest BCUT2D eigenvalue weighted by Gasteiger charge is 2.22. The molecular formula is C24H32FN6O2+. The highest BCUT2D eigenvalue weighted by molar-refractivity contribution is 6.06. The molecule has 176 valence electrons. The number of hydrogen-bond acceptors (Lipinski definition) is 6. The highest BCUT2D eigenvalue weighted by atomic mass is 19.1. The monoisotopic (exact) mass is 455 g/mol. The summed E-state index contributed by atoms with van der Waals surface area (Å²) in [5.74, 6) is 0.128. The molecule has 2 atom stereocenters. The van der Waals surface area contributed by atoms with Gasteiger partial charge >= 0.3 is 0 Å². The number of ether oxygens (including phenoxy) is 1. The van der Waals surface area contributed by atoms with Crippen LogP contribution in [0.2, 0.25) is 0 Å². The maximum absolute atomic E-state index is 14.6. The Morgan fingerprint density at radius 3 is 2.85 bits per heavy atom. The van der Waals surface area contributed by atoms with Crippen molar-refractivity contribution in [1.29, 1.82) is 0 Å². The van der Waals surface area contributed by atoms with Gasteiger partial charge in [-0.05, 0) is 19.4 Å². The largest absolute Gasteiger partial charge is 0.371 e. The Kier molecular flexibility index (Phi) is 8.21. The number of hydrazone groups is 1. The molecule has 0 spiro atoms. The van der Waals surface area contributed by atoms with Crippen LogP contribution in [0.3, 0.4) is 0 Å². The zero-order valence-corrected chi connectivity index (χ0v) is 19.7. The molecule has 1 aromatic heterocycles. The van der Waals surface area contributed by atoms with E-state index in [1.807, 2.05) is 44.0 Å². The van der Waals surface area contributed by atoms with Gasteiger partial charge in [-0.25, -0.2) is 9.38 Å². The molecule has 0 N–H and O–H groups in total. The van der Waals surface area contributed by atoms with Crippen molar-refractivity contribution in [2.75, 3.05) is 34.3 Å². The Hall–Kier alpha value is -3.20. The summed E-state index contributed by atoms with van der Waals surface area (Å²) in [6, 6.07) is 1.28. The lowest BCUT2D eigenvalue weighted by atomic mass is 9.94. The summed E-state index contributed by atoms with van der Waals surface area (Å²) in [4.78, 5) is 21.2. The van der Waals surface area contributed by atoms with E-state index < -0.39 is 0 Å². The van der Waals surface area contributed by atoms with Crippen molar-refractivity contribution >= 4 is 18.3 Å². The summed E-state index contributed by atoms with van der Waals surface area (Å²) >= 11 is 0. The fraction of sp³-hybridized carbons (Fsp3) is 0.458. The molecule has 1 aliphatic carbocycles. The molecule has 2 heterocycles. The maximum atomic E-state index is 14.6. The predicted molar refractivity (Wildman–Crippen MR) is 129 cm³/mol. The lowest BCUT2D eigenvalue weighted by molar-refractivity contribution is -0.652. The summed E-state index contributed by atoms with van der Waals surface area (Å²) < 4.78 is 23.7. The van der Waals surface area contributed by atoms with Gasteiger partial charge in [0.15, 0.2) is 19.1 Å². The number of amidine groups is 1. The standard InChI is InChI=1S/C24H32FN6O2/c1-6-18(16-30(5)29(3)4)31-11-10-23(32)22(28-31)13-17-8-9-21(25)20(12-17)24-26-14-19(15-27-24)33-7-2/h6,10-12,14,16,18-19H,1,7-9,13,15H2,2-5H3/q+1. The minimum Gasteiger partial charge on any atom is -0.371 e. The van der Waals surface area contributed by atoms with Crippen LogP contribution in [0.1, 0.15) is 31.5 Å². The molecule has 0 saturated heterocycles. The minimum absolute atomic E-state index is 0.153. The zero-order valence-electron chi connectivity index (χ0n) is 19.7. The van der Waals surface area contributed by atoms with Crippen LogP contribution in [-0.2, 0) is 11.2 Å². The first-order chi connectivity index (χ1) is 15.8. The van der Waals surface area contributed by atoms with Gasteiger partial charge < -0.3 is 4.74 Å². The molecule has 0 aromatic carbocycles. The number of nitrogens with zero attached hydrogens (tertiary/aromatic N) is 6. The second kappa shape index (κ2) is 11.1. The van der Waals surface area contributed by atoms with E-state index in [1.165, 1.54) is 6.07 Å².